The van der Waals surface area contributed by atoms with E-state index in [1.165, 1.54) is 0 Å². The lowest BCUT2D eigenvalue weighted by atomic mass is 10.4. The molecule has 0 aliphatic rings. The third-order valence-electron chi connectivity index (χ3n) is 1.64. The first kappa shape index (κ1) is 9.88. The standard InChI is InChI=1S/C7H9N5.ClH/c1-5-2-3-6-9-10-7(4-8)12(6)11-5;/h2-3H,4,8H2,1H3;1H. The Bertz CT molecular complexity index is 410. The molecule has 0 atom stereocenters. The van der Waals surface area contributed by atoms with E-state index < -0.39 is 0 Å². The molecule has 0 spiro atoms. The second kappa shape index (κ2) is 3.68. The molecule has 2 aromatic heterocycles. The molecule has 0 bridgehead atoms. The van der Waals surface area contributed by atoms with Crippen LogP contribution >= 0.6 is 12.4 Å². The highest BCUT2D eigenvalue weighted by Gasteiger charge is 2.02. The van der Waals surface area contributed by atoms with Gasteiger partial charge in [-0.2, -0.15) is 9.61 Å². The lowest BCUT2D eigenvalue weighted by Gasteiger charge is -1.95. The summed E-state index contributed by atoms with van der Waals surface area (Å²) in [5.41, 5.74) is 7.11. The Morgan fingerprint density at radius 2 is 2.15 bits per heavy atom. The lowest BCUT2D eigenvalue weighted by molar-refractivity contribution is 0.795. The second-order valence-corrected chi connectivity index (χ2v) is 2.57. The van der Waals surface area contributed by atoms with E-state index in [4.69, 9.17) is 5.73 Å². The minimum absolute atomic E-state index is 0. The number of rotatable bonds is 1. The summed E-state index contributed by atoms with van der Waals surface area (Å²) < 4.78 is 1.66. The quantitative estimate of drug-likeness (QED) is 0.718. The molecule has 2 aromatic rings. The van der Waals surface area contributed by atoms with Crippen LogP contribution < -0.4 is 5.73 Å². The number of nitrogens with zero attached hydrogens (tertiary/aromatic N) is 4. The van der Waals surface area contributed by atoms with Crippen molar-refractivity contribution in [2.75, 3.05) is 0 Å². The van der Waals surface area contributed by atoms with Crippen LogP contribution in [0.2, 0.25) is 0 Å². The summed E-state index contributed by atoms with van der Waals surface area (Å²) in [5.74, 6) is 0.689. The van der Waals surface area contributed by atoms with Gasteiger partial charge in [0.2, 0.25) is 0 Å². The van der Waals surface area contributed by atoms with Gasteiger partial charge in [-0.15, -0.1) is 22.6 Å². The SMILES string of the molecule is Cc1ccc2nnc(CN)n2n1.Cl. The second-order valence-electron chi connectivity index (χ2n) is 2.57. The van der Waals surface area contributed by atoms with Crippen molar-refractivity contribution in [2.45, 2.75) is 13.5 Å². The fourth-order valence-corrected chi connectivity index (χ4v) is 1.05. The molecule has 2 N–H and O–H groups in total. The van der Waals surface area contributed by atoms with Crippen molar-refractivity contribution < 1.29 is 0 Å². The first-order chi connectivity index (χ1) is 5.81. The van der Waals surface area contributed by atoms with E-state index >= 15 is 0 Å². The summed E-state index contributed by atoms with van der Waals surface area (Å²) in [6.45, 7) is 2.28. The number of halogens is 1. The number of fused-ring (bicyclic) bond motifs is 1. The molecule has 0 aliphatic heterocycles. The van der Waals surface area contributed by atoms with Crippen molar-refractivity contribution in [3.05, 3.63) is 23.7 Å². The topological polar surface area (TPSA) is 69.1 Å². The number of aryl methyl sites for hydroxylation is 1. The highest BCUT2D eigenvalue weighted by atomic mass is 35.5. The van der Waals surface area contributed by atoms with Gasteiger partial charge in [0, 0.05) is 0 Å². The highest BCUT2D eigenvalue weighted by molar-refractivity contribution is 5.85. The minimum Gasteiger partial charge on any atom is -0.324 e. The Morgan fingerprint density at radius 3 is 2.85 bits per heavy atom. The third-order valence-corrected chi connectivity index (χ3v) is 1.64. The zero-order valence-electron chi connectivity index (χ0n) is 7.14. The van der Waals surface area contributed by atoms with Gasteiger partial charge < -0.3 is 5.73 Å². The summed E-state index contributed by atoms with van der Waals surface area (Å²) in [7, 11) is 0. The van der Waals surface area contributed by atoms with Gasteiger partial charge >= 0.3 is 0 Å². The van der Waals surface area contributed by atoms with E-state index in [0.717, 1.165) is 11.3 Å². The Labute approximate surface area is 81.4 Å². The molecule has 2 rings (SSSR count). The molecular weight excluding hydrogens is 190 g/mol. The fraction of sp³-hybridized carbons (Fsp3) is 0.286. The van der Waals surface area contributed by atoms with Crippen LogP contribution in [0.1, 0.15) is 11.5 Å². The Kier molecular flexibility index (Phi) is 2.79. The van der Waals surface area contributed by atoms with E-state index in [-0.39, 0.29) is 12.4 Å². The molecule has 0 amide bonds. The highest BCUT2D eigenvalue weighted by Crippen LogP contribution is 2.01. The summed E-state index contributed by atoms with van der Waals surface area (Å²) in [6.07, 6.45) is 0. The molecular formula is C7H10ClN5. The smallest absolute Gasteiger partial charge is 0.177 e. The molecule has 0 saturated carbocycles. The summed E-state index contributed by atoms with van der Waals surface area (Å²) in [4.78, 5) is 0. The number of hydrogen-bond acceptors (Lipinski definition) is 4. The van der Waals surface area contributed by atoms with Crippen LogP contribution in [0.4, 0.5) is 0 Å². The molecule has 2 heterocycles. The zero-order valence-corrected chi connectivity index (χ0v) is 7.95. The molecule has 0 radical (unpaired) electrons. The normalized spacial score (nSPS) is 10.0. The molecule has 0 aliphatic carbocycles. The van der Waals surface area contributed by atoms with Crippen LogP contribution in [0.15, 0.2) is 12.1 Å². The van der Waals surface area contributed by atoms with Crippen molar-refractivity contribution in [3.63, 3.8) is 0 Å². The summed E-state index contributed by atoms with van der Waals surface area (Å²) in [6, 6.07) is 3.76. The van der Waals surface area contributed by atoms with Crippen LogP contribution in [-0.2, 0) is 6.54 Å². The van der Waals surface area contributed by atoms with E-state index in [1.807, 2.05) is 19.1 Å². The maximum Gasteiger partial charge on any atom is 0.177 e. The molecule has 6 heteroatoms. The van der Waals surface area contributed by atoms with Crippen LogP contribution in [0.25, 0.3) is 5.65 Å². The van der Waals surface area contributed by atoms with E-state index in [2.05, 4.69) is 15.3 Å². The maximum absolute atomic E-state index is 5.45. The van der Waals surface area contributed by atoms with Crippen molar-refractivity contribution in [1.29, 1.82) is 0 Å². The monoisotopic (exact) mass is 199 g/mol. The Balaban J connectivity index is 0.000000845. The van der Waals surface area contributed by atoms with Gasteiger partial charge in [-0.1, -0.05) is 0 Å². The molecule has 70 valence electrons. The molecule has 0 fully saturated rings. The summed E-state index contributed by atoms with van der Waals surface area (Å²) >= 11 is 0. The predicted octanol–water partition coefficient (Wildman–Crippen LogP) is 0.313. The van der Waals surface area contributed by atoms with Crippen molar-refractivity contribution >= 4 is 18.1 Å². The first-order valence-electron chi connectivity index (χ1n) is 3.69. The van der Waals surface area contributed by atoms with E-state index in [0.29, 0.717) is 12.4 Å². The van der Waals surface area contributed by atoms with Gasteiger partial charge in [0.15, 0.2) is 11.5 Å². The molecule has 13 heavy (non-hydrogen) atoms. The van der Waals surface area contributed by atoms with Crippen LogP contribution in [-0.4, -0.2) is 19.8 Å². The summed E-state index contributed by atoms with van der Waals surface area (Å²) in [5, 5.41) is 12.0. The minimum atomic E-state index is 0. The lowest BCUT2D eigenvalue weighted by Crippen LogP contribution is -2.05. The molecule has 0 aromatic carbocycles. The number of nitrogens with two attached hydrogens (primary N) is 1. The first-order valence-corrected chi connectivity index (χ1v) is 3.69. The number of aromatic nitrogens is 4. The molecule has 0 unspecified atom stereocenters. The molecule has 0 saturated heterocycles. The Morgan fingerprint density at radius 1 is 1.38 bits per heavy atom. The largest absolute Gasteiger partial charge is 0.324 e. The van der Waals surface area contributed by atoms with Crippen molar-refractivity contribution in [1.82, 2.24) is 19.8 Å². The van der Waals surface area contributed by atoms with Gasteiger partial charge in [0.05, 0.1) is 12.2 Å². The van der Waals surface area contributed by atoms with Crippen molar-refractivity contribution in [3.8, 4) is 0 Å². The van der Waals surface area contributed by atoms with Gasteiger partial charge in [0.25, 0.3) is 0 Å². The van der Waals surface area contributed by atoms with Crippen molar-refractivity contribution in [2.24, 2.45) is 5.73 Å². The molecule has 5 nitrogen and oxygen atoms in total. The van der Waals surface area contributed by atoms with Crippen LogP contribution in [0.3, 0.4) is 0 Å². The van der Waals surface area contributed by atoms with E-state index in [1.54, 1.807) is 4.52 Å². The van der Waals surface area contributed by atoms with Gasteiger partial charge in [-0.25, -0.2) is 0 Å². The van der Waals surface area contributed by atoms with Crippen LogP contribution in [0, 0.1) is 6.92 Å². The third kappa shape index (κ3) is 1.61. The van der Waals surface area contributed by atoms with E-state index in [9.17, 15) is 0 Å². The van der Waals surface area contributed by atoms with Gasteiger partial charge in [-0.05, 0) is 19.1 Å². The predicted molar refractivity (Wildman–Crippen MR) is 50.7 cm³/mol. The fourth-order valence-electron chi connectivity index (χ4n) is 1.05. The van der Waals surface area contributed by atoms with Gasteiger partial charge in [-0.3, -0.25) is 0 Å². The maximum atomic E-state index is 5.45. The average molecular weight is 200 g/mol. The van der Waals surface area contributed by atoms with Crippen LogP contribution in [0.5, 0.6) is 0 Å². The average Bonchev–Trinajstić information content (AvgIpc) is 2.46. The Hall–Kier alpha value is -1.20. The van der Waals surface area contributed by atoms with Gasteiger partial charge in [0.1, 0.15) is 0 Å². The number of hydrogen-bond donors (Lipinski definition) is 1. The zero-order chi connectivity index (χ0) is 8.55.